The molecule has 0 radical (unpaired) electrons. The Kier molecular flexibility index (Phi) is 9.05. The van der Waals surface area contributed by atoms with Gasteiger partial charge in [0.05, 0.1) is 44.0 Å². The first-order valence-electron chi connectivity index (χ1n) is 12.1. The summed E-state index contributed by atoms with van der Waals surface area (Å²) < 4.78 is 55.8. The number of ether oxygens (including phenoxy) is 3. The Morgan fingerprint density at radius 2 is 1.89 bits per heavy atom. The summed E-state index contributed by atoms with van der Waals surface area (Å²) in [5.74, 6) is 0.0257. The number of alkyl halides is 3. The summed E-state index contributed by atoms with van der Waals surface area (Å²) in [6.45, 7) is 10.5. The summed E-state index contributed by atoms with van der Waals surface area (Å²) in [4.78, 5) is 21.6. The van der Waals surface area contributed by atoms with Gasteiger partial charge < -0.3 is 24.0 Å². The van der Waals surface area contributed by atoms with Crippen molar-refractivity contribution in [2.24, 2.45) is 10.9 Å². The number of urea groups is 1. The van der Waals surface area contributed by atoms with Gasteiger partial charge in [-0.25, -0.2) is 9.79 Å². The van der Waals surface area contributed by atoms with E-state index in [1.165, 1.54) is 19.2 Å². The summed E-state index contributed by atoms with van der Waals surface area (Å²) in [7, 11) is 3.13. The summed E-state index contributed by atoms with van der Waals surface area (Å²) in [5, 5.41) is 0. The highest BCUT2D eigenvalue weighted by molar-refractivity contribution is 5.82. The third-order valence-corrected chi connectivity index (χ3v) is 6.55. The van der Waals surface area contributed by atoms with Crippen molar-refractivity contribution in [3.05, 3.63) is 47.7 Å². The van der Waals surface area contributed by atoms with E-state index in [0.29, 0.717) is 63.8 Å². The number of rotatable bonds is 6. The Bertz CT molecular complexity index is 947. The van der Waals surface area contributed by atoms with E-state index in [4.69, 9.17) is 14.2 Å². The van der Waals surface area contributed by atoms with Crippen molar-refractivity contribution in [1.29, 1.82) is 0 Å². The normalized spacial score (nSPS) is 22.9. The minimum atomic E-state index is -4.41. The van der Waals surface area contributed by atoms with Gasteiger partial charge in [-0.05, 0) is 38.0 Å². The Hall–Kier alpha value is -2.59. The Morgan fingerprint density at radius 3 is 2.47 bits per heavy atom. The van der Waals surface area contributed by atoms with Gasteiger partial charge in [-0.3, -0.25) is 0 Å². The number of halogens is 3. The van der Waals surface area contributed by atoms with Crippen LogP contribution >= 0.6 is 0 Å². The maximum Gasteiger partial charge on any atom is 0.416 e. The van der Waals surface area contributed by atoms with Gasteiger partial charge in [0.2, 0.25) is 0 Å². The maximum absolute atomic E-state index is 13.6. The molecule has 2 aliphatic heterocycles. The van der Waals surface area contributed by atoms with E-state index < -0.39 is 17.3 Å². The second kappa shape index (κ2) is 11.6. The number of aliphatic imine (C=N–C) groups is 1. The second-order valence-electron chi connectivity index (χ2n) is 9.93. The number of carbonyl (C=O) groups is 1. The van der Waals surface area contributed by atoms with Gasteiger partial charge in [-0.2, -0.15) is 13.2 Å². The lowest BCUT2D eigenvalue weighted by Gasteiger charge is -2.44. The van der Waals surface area contributed by atoms with Crippen molar-refractivity contribution in [3.8, 4) is 0 Å². The molecule has 0 saturated carbocycles. The molecule has 0 spiro atoms. The summed E-state index contributed by atoms with van der Waals surface area (Å²) in [5.41, 5.74) is 0.184. The fourth-order valence-electron chi connectivity index (χ4n) is 4.73. The van der Waals surface area contributed by atoms with Crippen LogP contribution in [0.15, 0.2) is 41.5 Å². The number of benzene rings is 1. The number of morpholine rings is 1. The average molecular weight is 512 g/mol. The number of methoxy groups -OCH3 is 2. The molecule has 2 aliphatic rings. The summed E-state index contributed by atoms with van der Waals surface area (Å²) in [6, 6.07) is 5.05. The topological polar surface area (TPSA) is 63.6 Å². The van der Waals surface area contributed by atoms with Gasteiger partial charge in [0.1, 0.15) is 0 Å². The largest absolute Gasteiger partial charge is 0.484 e. The number of hydrogen-bond acceptors (Lipinski definition) is 5. The molecule has 0 N–H and O–H groups in total. The molecule has 3 rings (SSSR count). The van der Waals surface area contributed by atoms with Crippen molar-refractivity contribution < 1.29 is 32.2 Å². The van der Waals surface area contributed by atoms with Crippen LogP contribution in [0.5, 0.6) is 0 Å². The summed E-state index contributed by atoms with van der Waals surface area (Å²) >= 11 is 0. The van der Waals surface area contributed by atoms with Crippen LogP contribution in [-0.2, 0) is 20.4 Å². The van der Waals surface area contributed by atoms with Crippen molar-refractivity contribution >= 4 is 11.9 Å². The molecule has 2 unspecified atom stereocenters. The van der Waals surface area contributed by atoms with Gasteiger partial charge in [-0.15, -0.1) is 0 Å². The molecule has 10 heteroatoms. The Labute approximate surface area is 210 Å². The molecule has 2 atom stereocenters. The predicted molar refractivity (Wildman–Crippen MR) is 131 cm³/mol. The van der Waals surface area contributed by atoms with Gasteiger partial charge >= 0.3 is 12.2 Å². The third-order valence-electron chi connectivity index (χ3n) is 6.55. The number of hydrogen-bond donors (Lipinski definition) is 0. The molecule has 7 nitrogen and oxygen atoms in total. The van der Waals surface area contributed by atoms with E-state index in [-0.39, 0.29) is 17.9 Å². The van der Waals surface area contributed by atoms with Gasteiger partial charge in [-0.1, -0.05) is 18.7 Å². The number of piperidine rings is 1. The second-order valence-corrected chi connectivity index (χ2v) is 9.93. The quantitative estimate of drug-likeness (QED) is 0.401. The highest BCUT2D eigenvalue weighted by atomic mass is 19.4. The van der Waals surface area contributed by atoms with E-state index in [1.807, 2.05) is 13.8 Å². The zero-order valence-electron chi connectivity index (χ0n) is 21.4. The Morgan fingerprint density at radius 1 is 1.19 bits per heavy atom. The maximum atomic E-state index is 13.6. The summed E-state index contributed by atoms with van der Waals surface area (Å²) in [6.07, 6.45) is -3.30. The predicted octanol–water partition coefficient (Wildman–Crippen LogP) is 4.94. The van der Waals surface area contributed by atoms with Crippen molar-refractivity contribution in [2.75, 3.05) is 53.6 Å². The molecular weight excluding hydrogens is 475 g/mol. The molecule has 200 valence electrons. The van der Waals surface area contributed by atoms with Gasteiger partial charge in [0.15, 0.2) is 5.90 Å². The number of amides is 2. The molecule has 2 amide bonds. The number of likely N-dealkylation sites (tertiary alicyclic amines) is 1. The van der Waals surface area contributed by atoms with Crippen LogP contribution in [0.1, 0.15) is 43.7 Å². The van der Waals surface area contributed by atoms with Crippen molar-refractivity contribution in [1.82, 2.24) is 9.80 Å². The van der Waals surface area contributed by atoms with Crippen molar-refractivity contribution in [3.63, 3.8) is 0 Å². The third kappa shape index (κ3) is 7.22. The highest BCUT2D eigenvalue weighted by Gasteiger charge is 2.39. The van der Waals surface area contributed by atoms with Crippen LogP contribution in [-0.4, -0.2) is 80.9 Å². The molecule has 0 aromatic heterocycles. The molecule has 1 aromatic rings. The van der Waals surface area contributed by atoms with Crippen LogP contribution in [0.2, 0.25) is 0 Å². The lowest BCUT2D eigenvalue weighted by atomic mass is 9.84. The van der Waals surface area contributed by atoms with Crippen LogP contribution in [0.4, 0.5) is 18.0 Å². The van der Waals surface area contributed by atoms with Gasteiger partial charge in [0, 0.05) is 44.8 Å². The minimum absolute atomic E-state index is 0.123. The van der Waals surface area contributed by atoms with Gasteiger partial charge in [0.25, 0.3) is 0 Å². The lowest BCUT2D eigenvalue weighted by molar-refractivity contribution is -0.137. The minimum Gasteiger partial charge on any atom is -0.484 e. The molecule has 0 bridgehead atoms. The zero-order valence-corrected chi connectivity index (χ0v) is 21.4. The zero-order chi connectivity index (χ0) is 26.5. The molecule has 0 aliphatic carbocycles. The SMILES string of the molecule is C=C(CCOC)N=C(OC)C1CC(c2ccc(C(F)(F)F)cc2)CN(C(=O)N2CCOC(C)(C)C2)C1. The molecule has 2 fully saturated rings. The average Bonchev–Trinajstić information content (AvgIpc) is 2.84. The molecule has 2 saturated heterocycles. The van der Waals surface area contributed by atoms with E-state index >= 15 is 0 Å². The first-order valence-corrected chi connectivity index (χ1v) is 12.1. The van der Waals surface area contributed by atoms with E-state index in [2.05, 4.69) is 11.6 Å². The van der Waals surface area contributed by atoms with E-state index in [0.717, 1.165) is 17.7 Å². The monoisotopic (exact) mass is 511 g/mol. The van der Waals surface area contributed by atoms with E-state index in [1.54, 1.807) is 16.9 Å². The fourth-order valence-corrected chi connectivity index (χ4v) is 4.73. The Balaban J connectivity index is 1.88. The van der Waals surface area contributed by atoms with Crippen LogP contribution < -0.4 is 0 Å². The number of carbonyl (C=O) groups excluding carboxylic acids is 1. The molecular formula is C26H36F3N3O4. The first-order chi connectivity index (χ1) is 16.9. The molecule has 2 heterocycles. The molecule has 36 heavy (non-hydrogen) atoms. The van der Waals surface area contributed by atoms with E-state index in [9.17, 15) is 18.0 Å². The van der Waals surface area contributed by atoms with Crippen LogP contribution in [0.3, 0.4) is 0 Å². The highest BCUT2D eigenvalue weighted by Crippen LogP contribution is 2.35. The smallest absolute Gasteiger partial charge is 0.416 e. The first kappa shape index (κ1) is 28.0. The number of nitrogens with zero attached hydrogens (tertiary/aromatic N) is 3. The fraction of sp³-hybridized carbons (Fsp3) is 0.615. The van der Waals surface area contributed by atoms with Crippen molar-refractivity contribution in [2.45, 2.75) is 44.4 Å². The standard InChI is InChI=1S/C26H36F3N3O4/c1-18(10-12-34-4)30-23(35-5)21-14-20(19-6-8-22(9-7-19)26(27,28)29)15-32(16-21)24(33)31-11-13-36-25(2,3)17-31/h6-9,20-21H,1,10-17H2,2-5H3. The van der Waals surface area contributed by atoms with Crippen LogP contribution in [0, 0.1) is 5.92 Å². The molecule has 1 aromatic carbocycles. The van der Waals surface area contributed by atoms with Crippen LogP contribution in [0.25, 0.3) is 0 Å². The lowest BCUT2D eigenvalue weighted by Crippen LogP contribution is -2.57.